The van der Waals surface area contributed by atoms with E-state index in [1.807, 2.05) is 43.3 Å². The van der Waals surface area contributed by atoms with Crippen molar-refractivity contribution in [2.75, 3.05) is 0 Å². The summed E-state index contributed by atoms with van der Waals surface area (Å²) < 4.78 is 6.31. The number of thiophene rings is 1. The van der Waals surface area contributed by atoms with Gasteiger partial charge >= 0.3 is 0 Å². The van der Waals surface area contributed by atoms with Crippen LogP contribution in [0.5, 0.6) is 5.75 Å². The van der Waals surface area contributed by atoms with Gasteiger partial charge in [0.2, 0.25) is 0 Å². The monoisotopic (exact) mass is 309 g/mol. The normalized spacial score (nSPS) is 11.9. The number of halogens is 1. The van der Waals surface area contributed by atoms with Crippen molar-refractivity contribution in [1.82, 2.24) is 5.32 Å². The van der Waals surface area contributed by atoms with Crippen molar-refractivity contribution in [3.8, 4) is 5.75 Å². The van der Waals surface area contributed by atoms with Crippen LogP contribution in [0.4, 0.5) is 0 Å². The van der Waals surface area contributed by atoms with Gasteiger partial charge in [0.1, 0.15) is 5.75 Å². The Kier molecular flexibility index (Phi) is 5.04. The number of ether oxygens (including phenoxy) is 1. The van der Waals surface area contributed by atoms with Gasteiger partial charge in [-0.1, -0.05) is 29.3 Å². The van der Waals surface area contributed by atoms with E-state index in [2.05, 4.69) is 5.32 Å². The van der Waals surface area contributed by atoms with Gasteiger partial charge in [-0.25, -0.2) is 0 Å². The summed E-state index contributed by atoms with van der Waals surface area (Å²) in [5.74, 6) is 0.549. The molecule has 1 heterocycles. The molecular weight excluding hydrogens is 294 g/mol. The predicted octanol–water partition coefficient (Wildman–Crippen LogP) is 3.79. The molecular formula is C15H16ClNO2S. The molecule has 2 rings (SSSR count). The smallest absolute Gasteiger partial charge is 0.261 e. The van der Waals surface area contributed by atoms with Gasteiger partial charge in [0.25, 0.3) is 5.91 Å². The number of benzene rings is 1. The molecule has 1 N–H and O–H groups in total. The Hall–Kier alpha value is -1.52. The van der Waals surface area contributed by atoms with Crippen molar-refractivity contribution in [2.24, 2.45) is 0 Å². The fraction of sp³-hybridized carbons (Fsp3) is 0.267. The van der Waals surface area contributed by atoms with Crippen LogP contribution in [0.3, 0.4) is 0 Å². The Balaban J connectivity index is 1.84. The Morgan fingerprint density at radius 2 is 2.00 bits per heavy atom. The van der Waals surface area contributed by atoms with E-state index in [1.54, 1.807) is 6.92 Å². The van der Waals surface area contributed by atoms with E-state index in [1.165, 1.54) is 11.3 Å². The minimum Gasteiger partial charge on any atom is -0.481 e. The van der Waals surface area contributed by atoms with Gasteiger partial charge in [0, 0.05) is 4.88 Å². The first-order valence-electron chi connectivity index (χ1n) is 6.30. The van der Waals surface area contributed by atoms with Crippen molar-refractivity contribution >= 4 is 28.8 Å². The second-order valence-electron chi connectivity index (χ2n) is 4.50. The quantitative estimate of drug-likeness (QED) is 0.912. The number of aryl methyl sites for hydroxylation is 1. The summed E-state index contributed by atoms with van der Waals surface area (Å²) in [5.41, 5.74) is 1.16. The van der Waals surface area contributed by atoms with Crippen LogP contribution in [-0.4, -0.2) is 12.0 Å². The highest BCUT2D eigenvalue weighted by Crippen LogP contribution is 2.21. The van der Waals surface area contributed by atoms with Crippen molar-refractivity contribution in [1.29, 1.82) is 0 Å². The van der Waals surface area contributed by atoms with E-state index >= 15 is 0 Å². The second-order valence-corrected chi connectivity index (χ2v) is 6.30. The third kappa shape index (κ3) is 4.25. The summed E-state index contributed by atoms with van der Waals surface area (Å²) in [6.07, 6.45) is -0.534. The molecule has 20 heavy (non-hydrogen) atoms. The summed E-state index contributed by atoms with van der Waals surface area (Å²) in [6.45, 7) is 4.21. The third-order valence-corrected chi connectivity index (χ3v) is 4.00. The molecule has 1 aromatic carbocycles. The Morgan fingerprint density at radius 1 is 1.30 bits per heavy atom. The number of nitrogens with one attached hydrogen (secondary N) is 1. The summed E-state index contributed by atoms with van der Waals surface area (Å²) in [4.78, 5) is 12.9. The molecule has 0 saturated heterocycles. The minimum absolute atomic E-state index is 0.143. The zero-order valence-corrected chi connectivity index (χ0v) is 12.9. The highest BCUT2D eigenvalue weighted by atomic mass is 35.5. The van der Waals surface area contributed by atoms with Crippen LogP contribution in [0.2, 0.25) is 4.34 Å². The number of carbonyl (C=O) groups is 1. The Morgan fingerprint density at radius 3 is 2.60 bits per heavy atom. The van der Waals surface area contributed by atoms with E-state index in [0.29, 0.717) is 12.3 Å². The average Bonchev–Trinajstić information content (AvgIpc) is 2.84. The molecule has 0 saturated carbocycles. The molecule has 0 aliphatic carbocycles. The van der Waals surface area contributed by atoms with Gasteiger partial charge in [0.15, 0.2) is 6.10 Å². The first-order chi connectivity index (χ1) is 9.54. The van der Waals surface area contributed by atoms with E-state index in [-0.39, 0.29) is 5.91 Å². The SMILES string of the molecule is Cc1ccc(OC(C)C(=O)NCc2ccc(Cl)s2)cc1. The lowest BCUT2D eigenvalue weighted by atomic mass is 10.2. The number of hydrogen-bond donors (Lipinski definition) is 1. The van der Waals surface area contributed by atoms with Crippen LogP contribution in [0.15, 0.2) is 36.4 Å². The molecule has 2 aromatic rings. The molecule has 5 heteroatoms. The second kappa shape index (κ2) is 6.77. The maximum absolute atomic E-state index is 11.9. The first kappa shape index (κ1) is 14.9. The van der Waals surface area contributed by atoms with Gasteiger partial charge in [-0.2, -0.15) is 0 Å². The molecule has 3 nitrogen and oxygen atoms in total. The zero-order valence-electron chi connectivity index (χ0n) is 11.4. The summed E-state index contributed by atoms with van der Waals surface area (Å²) in [7, 11) is 0. The average molecular weight is 310 g/mol. The van der Waals surface area contributed by atoms with Crippen molar-refractivity contribution in [3.63, 3.8) is 0 Å². The molecule has 1 unspecified atom stereocenters. The third-order valence-electron chi connectivity index (χ3n) is 2.77. The molecule has 0 radical (unpaired) electrons. The number of hydrogen-bond acceptors (Lipinski definition) is 3. The highest BCUT2D eigenvalue weighted by molar-refractivity contribution is 7.16. The molecule has 106 valence electrons. The molecule has 0 bridgehead atoms. The topological polar surface area (TPSA) is 38.3 Å². The molecule has 1 atom stereocenters. The molecule has 1 aromatic heterocycles. The van der Waals surface area contributed by atoms with Gasteiger partial charge in [0.05, 0.1) is 10.9 Å². The number of carbonyl (C=O) groups excluding carboxylic acids is 1. The van der Waals surface area contributed by atoms with Crippen LogP contribution in [0.25, 0.3) is 0 Å². The summed E-state index contributed by atoms with van der Waals surface area (Å²) in [5, 5.41) is 2.83. The van der Waals surface area contributed by atoms with Gasteiger partial charge < -0.3 is 10.1 Å². The molecule has 0 aliphatic rings. The summed E-state index contributed by atoms with van der Waals surface area (Å²) in [6, 6.07) is 11.3. The van der Waals surface area contributed by atoms with Crippen LogP contribution >= 0.6 is 22.9 Å². The van der Waals surface area contributed by atoms with Crippen molar-refractivity contribution < 1.29 is 9.53 Å². The van der Waals surface area contributed by atoms with Crippen LogP contribution in [-0.2, 0) is 11.3 Å². The van der Waals surface area contributed by atoms with Crippen LogP contribution < -0.4 is 10.1 Å². The van der Waals surface area contributed by atoms with Gasteiger partial charge in [-0.3, -0.25) is 4.79 Å². The zero-order chi connectivity index (χ0) is 14.5. The van der Waals surface area contributed by atoms with Gasteiger partial charge in [-0.15, -0.1) is 11.3 Å². The molecule has 1 amide bonds. The Labute approximate surface area is 127 Å². The number of rotatable bonds is 5. The van der Waals surface area contributed by atoms with E-state index < -0.39 is 6.10 Å². The fourth-order valence-electron chi connectivity index (χ4n) is 1.64. The number of amides is 1. The summed E-state index contributed by atoms with van der Waals surface area (Å²) >= 11 is 7.30. The standard InChI is InChI=1S/C15H16ClNO2S/c1-10-3-5-12(6-4-10)19-11(2)15(18)17-9-13-7-8-14(16)20-13/h3-8,11H,9H2,1-2H3,(H,17,18). The van der Waals surface area contributed by atoms with Crippen molar-refractivity contribution in [2.45, 2.75) is 26.5 Å². The lowest BCUT2D eigenvalue weighted by Crippen LogP contribution is -2.35. The largest absolute Gasteiger partial charge is 0.481 e. The van der Waals surface area contributed by atoms with Crippen molar-refractivity contribution in [3.05, 3.63) is 51.2 Å². The van der Waals surface area contributed by atoms with E-state index in [4.69, 9.17) is 16.3 Å². The van der Waals surface area contributed by atoms with E-state index in [0.717, 1.165) is 14.8 Å². The van der Waals surface area contributed by atoms with Crippen LogP contribution in [0.1, 0.15) is 17.4 Å². The van der Waals surface area contributed by atoms with E-state index in [9.17, 15) is 4.79 Å². The maximum atomic E-state index is 11.9. The predicted molar refractivity (Wildman–Crippen MR) is 82.4 cm³/mol. The first-order valence-corrected chi connectivity index (χ1v) is 7.49. The minimum atomic E-state index is -0.534. The lowest BCUT2D eigenvalue weighted by molar-refractivity contribution is -0.127. The molecule has 0 fully saturated rings. The van der Waals surface area contributed by atoms with Gasteiger partial charge in [-0.05, 0) is 38.1 Å². The van der Waals surface area contributed by atoms with Crippen LogP contribution in [0, 0.1) is 6.92 Å². The highest BCUT2D eigenvalue weighted by Gasteiger charge is 2.14. The maximum Gasteiger partial charge on any atom is 0.261 e. The molecule has 0 spiro atoms. The molecule has 0 aliphatic heterocycles. The lowest BCUT2D eigenvalue weighted by Gasteiger charge is -2.14. The Bertz CT molecular complexity index is 580. The fourth-order valence-corrected chi connectivity index (χ4v) is 2.67.